The van der Waals surface area contributed by atoms with Crippen LogP contribution in [0.1, 0.15) is 5.56 Å². The zero-order valence-electron chi connectivity index (χ0n) is 14.8. The van der Waals surface area contributed by atoms with Gasteiger partial charge in [-0.15, -0.1) is 11.3 Å². The third-order valence-corrected chi connectivity index (χ3v) is 5.28. The van der Waals surface area contributed by atoms with Crippen LogP contribution in [0.4, 0.5) is 22.0 Å². The molecule has 29 heavy (non-hydrogen) atoms. The fourth-order valence-electron chi connectivity index (χ4n) is 2.88. The minimum atomic E-state index is -4.39. The van der Waals surface area contributed by atoms with Gasteiger partial charge in [-0.2, -0.15) is 18.3 Å². The Kier molecular flexibility index (Phi) is 4.70. The van der Waals surface area contributed by atoms with Gasteiger partial charge in [0.2, 0.25) is 0 Å². The third-order valence-electron chi connectivity index (χ3n) is 4.30. The first kappa shape index (κ1) is 19.3. The van der Waals surface area contributed by atoms with Crippen molar-refractivity contribution < 1.29 is 22.0 Å². The molecule has 0 aliphatic carbocycles. The Morgan fingerprint density at radius 1 is 0.931 bits per heavy atom. The van der Waals surface area contributed by atoms with Crippen molar-refractivity contribution in [2.24, 2.45) is 7.05 Å². The first-order chi connectivity index (χ1) is 13.7. The molecular weight excluding hydrogens is 409 g/mol. The first-order valence-corrected chi connectivity index (χ1v) is 9.24. The maximum Gasteiger partial charge on any atom is 0.416 e. The van der Waals surface area contributed by atoms with E-state index in [1.165, 1.54) is 34.2 Å². The molecule has 2 aromatic heterocycles. The Morgan fingerprint density at radius 3 is 2.21 bits per heavy atom. The molecule has 0 aliphatic heterocycles. The highest BCUT2D eigenvalue weighted by Crippen LogP contribution is 2.35. The van der Waals surface area contributed by atoms with E-state index in [-0.39, 0.29) is 11.4 Å². The maximum absolute atomic E-state index is 14.0. The molecule has 0 aliphatic rings. The fourth-order valence-corrected chi connectivity index (χ4v) is 3.78. The summed E-state index contributed by atoms with van der Waals surface area (Å²) in [5.41, 5.74) is 0.232. The summed E-state index contributed by atoms with van der Waals surface area (Å²) in [7, 11) is 1.60. The molecule has 0 atom stereocenters. The molecule has 0 saturated heterocycles. The Hall–Kier alpha value is -3.07. The molecular formula is C20H12F5N3S. The van der Waals surface area contributed by atoms with Crippen molar-refractivity contribution in [2.75, 3.05) is 0 Å². The number of benzene rings is 2. The van der Waals surface area contributed by atoms with Gasteiger partial charge in [0.25, 0.3) is 0 Å². The normalized spacial score (nSPS) is 11.8. The highest BCUT2D eigenvalue weighted by Gasteiger charge is 2.30. The Balaban J connectivity index is 1.68. The van der Waals surface area contributed by atoms with E-state index in [0.29, 0.717) is 17.0 Å². The molecule has 148 valence electrons. The van der Waals surface area contributed by atoms with Crippen molar-refractivity contribution in [3.63, 3.8) is 0 Å². The number of alkyl halides is 3. The lowest BCUT2D eigenvalue weighted by atomic mass is 10.1. The lowest BCUT2D eigenvalue weighted by Gasteiger charge is -2.06. The largest absolute Gasteiger partial charge is 0.416 e. The summed E-state index contributed by atoms with van der Waals surface area (Å²) >= 11 is 1.32. The van der Waals surface area contributed by atoms with Gasteiger partial charge in [-0.1, -0.05) is 18.2 Å². The van der Waals surface area contributed by atoms with E-state index < -0.39 is 23.4 Å². The van der Waals surface area contributed by atoms with Gasteiger partial charge in [-0.3, -0.25) is 0 Å². The van der Waals surface area contributed by atoms with E-state index >= 15 is 0 Å². The number of rotatable bonds is 3. The molecule has 0 spiro atoms. The van der Waals surface area contributed by atoms with Crippen LogP contribution in [0.2, 0.25) is 0 Å². The Bertz CT molecular complexity index is 1160. The monoisotopic (exact) mass is 421 g/mol. The van der Waals surface area contributed by atoms with Crippen molar-refractivity contribution in [3.05, 3.63) is 71.1 Å². The summed E-state index contributed by atoms with van der Waals surface area (Å²) in [5, 5.41) is 5.87. The second-order valence-corrected chi connectivity index (χ2v) is 7.17. The topological polar surface area (TPSA) is 30.7 Å². The minimum absolute atomic E-state index is 0.0830. The average Bonchev–Trinajstić information content (AvgIpc) is 3.28. The second kappa shape index (κ2) is 7.07. The summed E-state index contributed by atoms with van der Waals surface area (Å²) in [6.45, 7) is 0. The highest BCUT2D eigenvalue weighted by molar-refractivity contribution is 7.14. The lowest BCUT2D eigenvalue weighted by Crippen LogP contribution is -2.03. The zero-order valence-corrected chi connectivity index (χ0v) is 15.7. The standard InChI is InChI=1S/C20H12F5N3S/c1-28-19(26-18(27-28)17-14(21)3-2-4-15(17)22)12-9-16(29-10-12)11-5-7-13(8-6-11)20(23,24)25/h2-10H,1H3. The van der Waals surface area contributed by atoms with Crippen LogP contribution in [0.25, 0.3) is 33.2 Å². The van der Waals surface area contributed by atoms with Gasteiger partial charge < -0.3 is 0 Å². The Labute approximate surface area is 166 Å². The van der Waals surface area contributed by atoms with Gasteiger partial charge in [0.1, 0.15) is 11.6 Å². The molecule has 4 aromatic rings. The van der Waals surface area contributed by atoms with Crippen molar-refractivity contribution in [1.29, 1.82) is 0 Å². The van der Waals surface area contributed by atoms with Gasteiger partial charge in [-0.05, 0) is 35.9 Å². The van der Waals surface area contributed by atoms with Crippen molar-refractivity contribution >= 4 is 11.3 Å². The molecule has 0 radical (unpaired) electrons. The quantitative estimate of drug-likeness (QED) is 0.370. The summed E-state index contributed by atoms with van der Waals surface area (Å²) < 4.78 is 67.6. The van der Waals surface area contributed by atoms with Gasteiger partial charge in [0.15, 0.2) is 11.6 Å². The molecule has 4 rings (SSSR count). The number of hydrogen-bond acceptors (Lipinski definition) is 3. The molecule has 0 bridgehead atoms. The molecule has 9 heteroatoms. The number of aromatic nitrogens is 3. The van der Waals surface area contributed by atoms with Gasteiger partial charge in [-0.25, -0.2) is 18.4 Å². The molecule has 0 fully saturated rings. The van der Waals surface area contributed by atoms with Crippen LogP contribution in [0, 0.1) is 11.6 Å². The van der Waals surface area contributed by atoms with Gasteiger partial charge in [0, 0.05) is 22.9 Å². The van der Waals surface area contributed by atoms with Crippen molar-refractivity contribution in [2.45, 2.75) is 6.18 Å². The number of aryl methyl sites for hydroxylation is 1. The van der Waals surface area contributed by atoms with E-state index in [1.807, 2.05) is 0 Å². The number of thiophene rings is 1. The van der Waals surface area contributed by atoms with E-state index in [0.717, 1.165) is 29.1 Å². The minimum Gasteiger partial charge on any atom is -0.248 e. The summed E-state index contributed by atoms with van der Waals surface area (Å²) in [6, 6.07) is 10.1. The summed E-state index contributed by atoms with van der Waals surface area (Å²) in [5.74, 6) is -1.23. The van der Waals surface area contributed by atoms with Crippen LogP contribution in [-0.2, 0) is 13.2 Å². The molecule has 0 unspecified atom stereocenters. The van der Waals surface area contributed by atoms with E-state index in [1.54, 1.807) is 18.5 Å². The molecule has 2 aromatic carbocycles. The van der Waals surface area contributed by atoms with E-state index in [9.17, 15) is 22.0 Å². The summed E-state index contributed by atoms with van der Waals surface area (Å²) in [4.78, 5) is 4.99. The SMILES string of the molecule is Cn1nc(-c2c(F)cccc2F)nc1-c1csc(-c2ccc(C(F)(F)F)cc2)c1. The van der Waals surface area contributed by atoms with Crippen LogP contribution in [0.5, 0.6) is 0 Å². The predicted molar refractivity (Wildman–Crippen MR) is 100 cm³/mol. The van der Waals surface area contributed by atoms with Crippen LogP contribution in [0.15, 0.2) is 53.9 Å². The van der Waals surface area contributed by atoms with E-state index in [2.05, 4.69) is 10.1 Å². The molecule has 2 heterocycles. The van der Waals surface area contributed by atoms with E-state index in [4.69, 9.17) is 0 Å². The average molecular weight is 421 g/mol. The molecule has 0 saturated carbocycles. The summed E-state index contributed by atoms with van der Waals surface area (Å²) in [6.07, 6.45) is -4.39. The number of nitrogens with zero attached hydrogens (tertiary/aromatic N) is 3. The zero-order chi connectivity index (χ0) is 20.8. The second-order valence-electron chi connectivity index (χ2n) is 6.25. The Morgan fingerprint density at radius 2 is 1.59 bits per heavy atom. The van der Waals surface area contributed by atoms with Gasteiger partial charge >= 0.3 is 6.18 Å². The van der Waals surface area contributed by atoms with Crippen LogP contribution in [0.3, 0.4) is 0 Å². The lowest BCUT2D eigenvalue weighted by molar-refractivity contribution is -0.137. The first-order valence-electron chi connectivity index (χ1n) is 8.36. The highest BCUT2D eigenvalue weighted by atomic mass is 32.1. The predicted octanol–water partition coefficient (Wildman–Crippen LogP) is 6.17. The number of hydrogen-bond donors (Lipinski definition) is 0. The van der Waals surface area contributed by atoms with Gasteiger partial charge in [0.05, 0.1) is 11.1 Å². The fraction of sp³-hybridized carbons (Fsp3) is 0.100. The van der Waals surface area contributed by atoms with Crippen LogP contribution < -0.4 is 0 Å². The molecule has 0 N–H and O–H groups in total. The van der Waals surface area contributed by atoms with Crippen molar-refractivity contribution in [1.82, 2.24) is 14.8 Å². The maximum atomic E-state index is 14.0. The van der Waals surface area contributed by atoms with Crippen LogP contribution in [-0.4, -0.2) is 14.8 Å². The third kappa shape index (κ3) is 3.65. The number of halogens is 5. The smallest absolute Gasteiger partial charge is 0.248 e. The molecule has 0 amide bonds. The molecule has 3 nitrogen and oxygen atoms in total. The van der Waals surface area contributed by atoms with Crippen molar-refractivity contribution in [3.8, 4) is 33.2 Å². The van der Waals surface area contributed by atoms with Crippen LogP contribution >= 0.6 is 11.3 Å².